The lowest BCUT2D eigenvalue weighted by molar-refractivity contribution is 0.0963. The van der Waals surface area contributed by atoms with E-state index in [2.05, 4.69) is 0 Å². The Bertz CT molecular complexity index is 534. The van der Waals surface area contributed by atoms with Crippen molar-refractivity contribution in [3.63, 3.8) is 0 Å². The summed E-state index contributed by atoms with van der Waals surface area (Å²) in [5.74, 6) is -0.380. The number of hydrogen-bond donors (Lipinski definition) is 1. The number of halogens is 1. The third-order valence-electron chi connectivity index (χ3n) is 3.67. The lowest BCUT2D eigenvalue weighted by atomic mass is 10.2. The Labute approximate surface area is 121 Å². The van der Waals surface area contributed by atoms with E-state index in [-0.39, 0.29) is 19.0 Å². The number of benzene rings is 1. The number of anilines is 2. The fourth-order valence-electron chi connectivity index (χ4n) is 2.55. The van der Waals surface area contributed by atoms with Gasteiger partial charge in [0.2, 0.25) is 0 Å². The molecule has 0 radical (unpaired) electrons. The minimum Gasteiger partial charge on any atom is -0.441 e. The van der Waals surface area contributed by atoms with Gasteiger partial charge in [0, 0.05) is 13.1 Å². The average molecular weight is 296 g/mol. The van der Waals surface area contributed by atoms with Gasteiger partial charge in [-0.2, -0.15) is 0 Å². The maximum absolute atomic E-state index is 14.3. The standard InChI is InChI=1S/C14H17FN2O4/c15-12-7-10(17-8-11(9-18)21-14(17)19)1-2-13(12)16-3-5-20-6-4-16/h1-2,7,11,18H,3-6,8-9H2/t11-/m0/s1. The molecule has 0 aliphatic carbocycles. The number of carbonyl (C=O) groups excluding carboxylic acids is 1. The highest BCUT2D eigenvalue weighted by molar-refractivity contribution is 5.90. The van der Waals surface area contributed by atoms with Crippen LogP contribution in [0.4, 0.5) is 20.6 Å². The summed E-state index contributed by atoms with van der Waals surface area (Å²) >= 11 is 0. The van der Waals surface area contributed by atoms with Crippen molar-refractivity contribution in [3.8, 4) is 0 Å². The number of carbonyl (C=O) groups is 1. The van der Waals surface area contributed by atoms with E-state index in [1.54, 1.807) is 12.1 Å². The summed E-state index contributed by atoms with van der Waals surface area (Å²) in [5.41, 5.74) is 0.943. The van der Waals surface area contributed by atoms with Crippen molar-refractivity contribution < 1.29 is 23.8 Å². The van der Waals surface area contributed by atoms with Gasteiger partial charge in [-0.25, -0.2) is 9.18 Å². The number of nitrogens with zero attached hydrogens (tertiary/aromatic N) is 2. The van der Waals surface area contributed by atoms with Crippen molar-refractivity contribution >= 4 is 17.5 Å². The molecule has 1 atom stereocenters. The third kappa shape index (κ3) is 2.79. The maximum atomic E-state index is 14.3. The van der Waals surface area contributed by atoms with E-state index in [1.165, 1.54) is 11.0 Å². The van der Waals surface area contributed by atoms with Gasteiger partial charge in [-0.15, -0.1) is 0 Å². The van der Waals surface area contributed by atoms with Crippen LogP contribution in [-0.4, -0.2) is 56.8 Å². The molecular weight excluding hydrogens is 279 g/mol. The fraction of sp³-hybridized carbons (Fsp3) is 0.500. The van der Waals surface area contributed by atoms with Crippen LogP contribution in [0.15, 0.2) is 18.2 Å². The number of aliphatic hydroxyl groups excluding tert-OH is 1. The van der Waals surface area contributed by atoms with Crippen molar-refractivity contribution in [1.29, 1.82) is 0 Å². The molecule has 0 unspecified atom stereocenters. The van der Waals surface area contributed by atoms with Crippen molar-refractivity contribution in [3.05, 3.63) is 24.0 Å². The Morgan fingerprint density at radius 3 is 2.71 bits per heavy atom. The fourth-order valence-corrected chi connectivity index (χ4v) is 2.55. The average Bonchev–Trinajstić information content (AvgIpc) is 2.89. The predicted molar refractivity (Wildman–Crippen MR) is 74.1 cm³/mol. The zero-order chi connectivity index (χ0) is 14.8. The smallest absolute Gasteiger partial charge is 0.414 e. The second-order valence-electron chi connectivity index (χ2n) is 5.03. The number of amides is 1. The Hall–Kier alpha value is -1.86. The summed E-state index contributed by atoms with van der Waals surface area (Å²) in [6.07, 6.45) is -1.12. The molecule has 2 fully saturated rings. The quantitative estimate of drug-likeness (QED) is 0.901. The summed E-state index contributed by atoms with van der Waals surface area (Å²) in [6, 6.07) is 4.68. The van der Waals surface area contributed by atoms with E-state index in [0.717, 1.165) is 0 Å². The van der Waals surface area contributed by atoms with Crippen LogP contribution in [0.3, 0.4) is 0 Å². The van der Waals surface area contributed by atoms with Gasteiger partial charge in [-0.05, 0) is 18.2 Å². The van der Waals surface area contributed by atoms with E-state index >= 15 is 0 Å². The summed E-state index contributed by atoms with van der Waals surface area (Å²) in [7, 11) is 0. The van der Waals surface area contributed by atoms with Gasteiger partial charge in [-0.1, -0.05) is 0 Å². The Morgan fingerprint density at radius 1 is 1.33 bits per heavy atom. The number of ether oxygens (including phenoxy) is 2. The molecule has 1 aromatic rings. The Kier molecular flexibility index (Phi) is 3.94. The van der Waals surface area contributed by atoms with Gasteiger partial charge in [-0.3, -0.25) is 4.90 Å². The van der Waals surface area contributed by atoms with Crippen molar-refractivity contribution in [2.75, 3.05) is 49.3 Å². The van der Waals surface area contributed by atoms with Crippen LogP contribution in [0.1, 0.15) is 0 Å². The molecule has 3 rings (SSSR count). The molecule has 0 bridgehead atoms. The normalized spacial score (nSPS) is 22.6. The number of hydrogen-bond acceptors (Lipinski definition) is 5. The van der Waals surface area contributed by atoms with Gasteiger partial charge in [0.05, 0.1) is 37.7 Å². The second kappa shape index (κ2) is 5.87. The molecular formula is C14H17FN2O4. The highest BCUT2D eigenvalue weighted by Gasteiger charge is 2.32. The molecule has 114 valence electrons. The molecule has 2 heterocycles. The molecule has 1 N–H and O–H groups in total. The van der Waals surface area contributed by atoms with E-state index in [0.29, 0.717) is 37.7 Å². The highest BCUT2D eigenvalue weighted by atomic mass is 19.1. The highest BCUT2D eigenvalue weighted by Crippen LogP contribution is 2.28. The van der Waals surface area contributed by atoms with E-state index in [9.17, 15) is 9.18 Å². The number of aliphatic hydroxyl groups is 1. The monoisotopic (exact) mass is 296 g/mol. The van der Waals surface area contributed by atoms with Crippen LogP contribution >= 0.6 is 0 Å². The topological polar surface area (TPSA) is 62.2 Å². The predicted octanol–water partition coefficient (Wildman–Crippen LogP) is 0.980. The zero-order valence-electron chi connectivity index (χ0n) is 11.5. The maximum Gasteiger partial charge on any atom is 0.414 e. The molecule has 6 nitrogen and oxygen atoms in total. The number of rotatable bonds is 3. The molecule has 0 aromatic heterocycles. The molecule has 2 saturated heterocycles. The van der Waals surface area contributed by atoms with Crippen LogP contribution in [0.25, 0.3) is 0 Å². The minimum absolute atomic E-state index is 0.228. The SMILES string of the molecule is O=C1O[C@H](CO)CN1c1ccc(N2CCOCC2)c(F)c1. The second-order valence-corrected chi connectivity index (χ2v) is 5.03. The lowest BCUT2D eigenvalue weighted by Crippen LogP contribution is -2.36. The van der Waals surface area contributed by atoms with Gasteiger partial charge < -0.3 is 19.5 Å². The van der Waals surface area contributed by atoms with E-state index in [4.69, 9.17) is 14.6 Å². The molecule has 7 heteroatoms. The minimum atomic E-state index is -0.562. The van der Waals surface area contributed by atoms with Crippen LogP contribution in [0, 0.1) is 5.82 Å². The summed E-state index contributed by atoms with van der Waals surface area (Å²) < 4.78 is 24.5. The zero-order valence-corrected chi connectivity index (χ0v) is 11.5. The van der Waals surface area contributed by atoms with Crippen molar-refractivity contribution in [1.82, 2.24) is 0 Å². The number of morpholine rings is 1. The van der Waals surface area contributed by atoms with Gasteiger partial charge in [0.15, 0.2) is 0 Å². The van der Waals surface area contributed by atoms with Crippen molar-refractivity contribution in [2.45, 2.75) is 6.10 Å². The molecule has 1 aromatic carbocycles. The first-order valence-corrected chi connectivity index (χ1v) is 6.90. The van der Waals surface area contributed by atoms with Gasteiger partial charge >= 0.3 is 6.09 Å². The first kappa shape index (κ1) is 14.1. The van der Waals surface area contributed by atoms with Crippen LogP contribution < -0.4 is 9.80 Å². The largest absolute Gasteiger partial charge is 0.441 e. The van der Waals surface area contributed by atoms with Crippen LogP contribution in [0.2, 0.25) is 0 Å². The first-order chi connectivity index (χ1) is 10.2. The lowest BCUT2D eigenvalue weighted by Gasteiger charge is -2.29. The molecule has 2 aliphatic heterocycles. The van der Waals surface area contributed by atoms with E-state index in [1.807, 2.05) is 4.90 Å². The molecule has 0 saturated carbocycles. The van der Waals surface area contributed by atoms with Gasteiger partial charge in [0.1, 0.15) is 11.9 Å². The summed E-state index contributed by atoms with van der Waals surface area (Å²) in [6.45, 7) is 2.45. The Morgan fingerprint density at radius 2 is 2.10 bits per heavy atom. The molecule has 1 amide bonds. The summed E-state index contributed by atoms with van der Waals surface area (Å²) in [5, 5.41) is 9.02. The van der Waals surface area contributed by atoms with Crippen LogP contribution in [0.5, 0.6) is 0 Å². The van der Waals surface area contributed by atoms with E-state index < -0.39 is 12.2 Å². The summed E-state index contributed by atoms with van der Waals surface area (Å²) in [4.78, 5) is 14.9. The first-order valence-electron chi connectivity index (χ1n) is 6.90. The van der Waals surface area contributed by atoms with Crippen molar-refractivity contribution in [2.24, 2.45) is 0 Å². The van der Waals surface area contributed by atoms with Gasteiger partial charge in [0.25, 0.3) is 0 Å². The third-order valence-corrected chi connectivity index (χ3v) is 3.67. The molecule has 0 spiro atoms. The van der Waals surface area contributed by atoms with Crippen LogP contribution in [-0.2, 0) is 9.47 Å². The number of cyclic esters (lactones) is 1. The molecule has 2 aliphatic rings. The molecule has 21 heavy (non-hydrogen) atoms. The Balaban J connectivity index is 1.79.